The predicted molar refractivity (Wildman–Crippen MR) is 115 cm³/mol. The lowest BCUT2D eigenvalue weighted by molar-refractivity contribution is -0.0859. The van der Waals surface area contributed by atoms with Crippen molar-refractivity contribution in [3.8, 4) is 11.1 Å². The number of nitrogens with one attached hydrogen (secondary N) is 1. The molecule has 2 aromatic carbocycles. The highest BCUT2D eigenvalue weighted by molar-refractivity contribution is 6.36. The average Bonchev–Trinajstić information content (AvgIpc) is 3.25. The molecule has 0 radical (unpaired) electrons. The Morgan fingerprint density at radius 2 is 1.94 bits per heavy atom. The number of H-pyrrole nitrogens is 1. The van der Waals surface area contributed by atoms with Crippen LogP contribution >= 0.6 is 11.6 Å². The van der Waals surface area contributed by atoms with E-state index in [-0.39, 0.29) is 28.6 Å². The first-order valence-corrected chi connectivity index (χ1v) is 10.9. The van der Waals surface area contributed by atoms with Crippen LogP contribution in [0.2, 0.25) is 5.02 Å². The summed E-state index contributed by atoms with van der Waals surface area (Å²) in [6.07, 6.45) is 0.960. The number of carbonyl (C=O) groups excluding carboxylic acids is 1. The topological polar surface area (TPSA) is 61.5 Å². The first kappa shape index (κ1) is 21.9. The number of ether oxygens (including phenoxy) is 1. The van der Waals surface area contributed by atoms with Gasteiger partial charge in [-0.2, -0.15) is 9.49 Å². The number of aromatic nitrogens is 2. The standard InChI is InChI=1S/C23H20ClF3N4O2/c24-21-15(17-9-28-29-22(17)27)2-1-3-16(21)23(32)31-7-6-30-11-20(33-12-14(30)10-31)13-4-5-18(25)19(26)8-13/h1-5,8-9,14,20H,6-7,10-12H2,(H,28,29)/t14-,20-/m0/s1. The normalized spacial score (nSPS) is 21.2. The van der Waals surface area contributed by atoms with Crippen LogP contribution in [0.3, 0.4) is 0 Å². The lowest BCUT2D eigenvalue weighted by Gasteiger charge is -2.46. The molecule has 2 atom stereocenters. The quantitative estimate of drug-likeness (QED) is 0.619. The molecule has 2 saturated heterocycles. The van der Waals surface area contributed by atoms with Crippen molar-refractivity contribution >= 4 is 17.5 Å². The molecule has 3 aromatic rings. The maximum absolute atomic E-state index is 14.0. The van der Waals surface area contributed by atoms with Crippen molar-refractivity contribution in [2.24, 2.45) is 0 Å². The molecular formula is C23H20ClF3N4O2. The van der Waals surface area contributed by atoms with Gasteiger partial charge in [-0.1, -0.05) is 29.8 Å². The molecule has 3 heterocycles. The summed E-state index contributed by atoms with van der Waals surface area (Å²) in [6, 6.07) is 8.68. The van der Waals surface area contributed by atoms with E-state index >= 15 is 0 Å². The van der Waals surface area contributed by atoms with Crippen LogP contribution in [0.1, 0.15) is 22.0 Å². The van der Waals surface area contributed by atoms with E-state index in [9.17, 15) is 18.0 Å². The van der Waals surface area contributed by atoms with Crippen LogP contribution in [-0.2, 0) is 4.74 Å². The Labute approximate surface area is 192 Å². The van der Waals surface area contributed by atoms with Crippen molar-refractivity contribution in [3.05, 3.63) is 76.3 Å². The van der Waals surface area contributed by atoms with Crippen molar-refractivity contribution in [1.82, 2.24) is 20.0 Å². The molecule has 2 aliphatic heterocycles. The van der Waals surface area contributed by atoms with Gasteiger partial charge in [-0.05, 0) is 23.8 Å². The number of rotatable bonds is 3. The molecule has 0 saturated carbocycles. The molecule has 6 nitrogen and oxygen atoms in total. The third-order valence-corrected chi connectivity index (χ3v) is 6.62. The number of aromatic amines is 1. The Morgan fingerprint density at radius 3 is 2.70 bits per heavy atom. The molecule has 10 heteroatoms. The second-order valence-corrected chi connectivity index (χ2v) is 8.54. The zero-order valence-electron chi connectivity index (χ0n) is 17.4. The summed E-state index contributed by atoms with van der Waals surface area (Å²) in [7, 11) is 0. The van der Waals surface area contributed by atoms with Crippen molar-refractivity contribution in [3.63, 3.8) is 0 Å². The average molecular weight is 477 g/mol. The molecule has 1 amide bonds. The number of hydrogen-bond acceptors (Lipinski definition) is 4. The summed E-state index contributed by atoms with van der Waals surface area (Å²) in [5.41, 5.74) is 1.46. The largest absolute Gasteiger partial charge is 0.370 e. The van der Waals surface area contributed by atoms with E-state index in [2.05, 4.69) is 15.1 Å². The molecule has 1 aromatic heterocycles. The van der Waals surface area contributed by atoms with E-state index in [1.54, 1.807) is 23.1 Å². The molecule has 2 fully saturated rings. The molecule has 0 spiro atoms. The van der Waals surface area contributed by atoms with Crippen LogP contribution in [0.5, 0.6) is 0 Å². The first-order valence-electron chi connectivity index (χ1n) is 10.5. The SMILES string of the molecule is O=C(c1cccc(-c2cn[nH]c2F)c1Cl)N1CCN2C[C@@H](c3ccc(F)c(F)c3)OC[C@@H]2C1. The lowest BCUT2D eigenvalue weighted by atomic mass is 10.0. The monoisotopic (exact) mass is 476 g/mol. The molecule has 2 aliphatic rings. The molecule has 172 valence electrons. The highest BCUT2D eigenvalue weighted by atomic mass is 35.5. The molecular weight excluding hydrogens is 457 g/mol. The van der Waals surface area contributed by atoms with E-state index < -0.39 is 17.6 Å². The van der Waals surface area contributed by atoms with Gasteiger partial charge in [0.1, 0.15) is 0 Å². The van der Waals surface area contributed by atoms with E-state index in [4.69, 9.17) is 16.3 Å². The fraction of sp³-hybridized carbons (Fsp3) is 0.304. The Kier molecular flexibility index (Phi) is 5.86. The number of carbonyl (C=O) groups is 1. The van der Waals surface area contributed by atoms with E-state index in [1.165, 1.54) is 12.3 Å². The minimum absolute atomic E-state index is 0.0301. The summed E-state index contributed by atoms with van der Waals surface area (Å²) in [5.74, 6) is -2.65. The molecule has 0 aliphatic carbocycles. The minimum atomic E-state index is -0.900. The molecule has 33 heavy (non-hydrogen) atoms. The highest BCUT2D eigenvalue weighted by Gasteiger charge is 2.36. The van der Waals surface area contributed by atoms with Crippen LogP contribution < -0.4 is 0 Å². The molecule has 1 N–H and O–H groups in total. The summed E-state index contributed by atoms with van der Waals surface area (Å²) < 4.78 is 46.7. The van der Waals surface area contributed by atoms with Gasteiger partial charge >= 0.3 is 0 Å². The Morgan fingerprint density at radius 1 is 1.09 bits per heavy atom. The van der Waals surface area contributed by atoms with E-state index in [0.29, 0.717) is 49.5 Å². The third kappa shape index (κ3) is 4.12. The van der Waals surface area contributed by atoms with E-state index in [0.717, 1.165) is 12.1 Å². The molecule has 5 rings (SSSR count). The van der Waals surface area contributed by atoms with Gasteiger partial charge < -0.3 is 9.64 Å². The second kappa shape index (κ2) is 8.81. The summed E-state index contributed by atoms with van der Waals surface area (Å²) in [6.45, 7) is 2.38. The predicted octanol–water partition coefficient (Wildman–Crippen LogP) is 4.05. The van der Waals surface area contributed by atoms with Crippen molar-refractivity contribution in [1.29, 1.82) is 0 Å². The highest BCUT2D eigenvalue weighted by Crippen LogP contribution is 2.33. The Hall–Kier alpha value is -2.88. The van der Waals surface area contributed by atoms with Gasteiger partial charge in [-0.25, -0.2) is 8.78 Å². The van der Waals surface area contributed by atoms with Gasteiger partial charge in [0.2, 0.25) is 5.95 Å². The maximum Gasteiger partial charge on any atom is 0.255 e. The minimum Gasteiger partial charge on any atom is -0.370 e. The van der Waals surface area contributed by atoms with Crippen molar-refractivity contribution < 1.29 is 22.7 Å². The third-order valence-electron chi connectivity index (χ3n) is 6.21. The summed E-state index contributed by atoms with van der Waals surface area (Å²) in [5, 5.41) is 6.07. The van der Waals surface area contributed by atoms with Gasteiger partial charge in [0, 0.05) is 31.7 Å². The number of benzene rings is 2. The molecule has 0 unspecified atom stereocenters. The summed E-state index contributed by atoms with van der Waals surface area (Å²) in [4.78, 5) is 17.1. The molecule has 0 bridgehead atoms. The van der Waals surface area contributed by atoms with E-state index in [1.807, 2.05) is 0 Å². The maximum atomic E-state index is 14.0. The zero-order chi connectivity index (χ0) is 23.1. The van der Waals surface area contributed by atoms with Crippen LogP contribution in [0.4, 0.5) is 13.2 Å². The van der Waals surface area contributed by atoms with Gasteiger partial charge in [-0.3, -0.25) is 14.8 Å². The van der Waals surface area contributed by atoms with Crippen molar-refractivity contribution in [2.75, 3.05) is 32.8 Å². The first-order chi connectivity index (χ1) is 15.9. The van der Waals surface area contributed by atoms with Gasteiger partial charge in [0.25, 0.3) is 5.91 Å². The van der Waals surface area contributed by atoms with Crippen LogP contribution in [0.25, 0.3) is 11.1 Å². The number of fused-ring (bicyclic) bond motifs is 1. The summed E-state index contributed by atoms with van der Waals surface area (Å²) >= 11 is 6.49. The Bertz CT molecular complexity index is 1200. The zero-order valence-corrected chi connectivity index (χ0v) is 18.2. The van der Waals surface area contributed by atoms with Crippen LogP contribution in [-0.4, -0.2) is 64.7 Å². The fourth-order valence-corrected chi connectivity index (χ4v) is 4.73. The number of halogens is 4. The van der Waals surface area contributed by atoms with Gasteiger partial charge in [-0.15, -0.1) is 0 Å². The number of amides is 1. The lowest BCUT2D eigenvalue weighted by Crippen LogP contribution is -2.59. The fourth-order valence-electron chi connectivity index (χ4n) is 4.42. The Balaban J connectivity index is 1.29. The smallest absolute Gasteiger partial charge is 0.255 e. The van der Waals surface area contributed by atoms with Crippen LogP contribution in [0.15, 0.2) is 42.6 Å². The number of piperazine rings is 1. The van der Waals surface area contributed by atoms with Crippen molar-refractivity contribution in [2.45, 2.75) is 12.1 Å². The number of hydrogen-bond donors (Lipinski definition) is 1. The van der Waals surface area contributed by atoms with Gasteiger partial charge in [0.05, 0.1) is 41.1 Å². The van der Waals surface area contributed by atoms with Crippen LogP contribution in [0, 0.1) is 17.6 Å². The van der Waals surface area contributed by atoms with Gasteiger partial charge in [0.15, 0.2) is 11.6 Å². The number of nitrogens with zero attached hydrogens (tertiary/aromatic N) is 3. The second-order valence-electron chi connectivity index (χ2n) is 8.16. The number of morpholine rings is 1.